The van der Waals surface area contributed by atoms with Gasteiger partial charge in [0.05, 0.1) is 19.0 Å². The second-order valence-electron chi connectivity index (χ2n) is 8.38. The molecule has 10 heteroatoms. The fourth-order valence-corrected chi connectivity index (χ4v) is 3.62. The molecule has 0 bridgehead atoms. The Morgan fingerprint density at radius 1 is 1.03 bits per heavy atom. The van der Waals surface area contributed by atoms with Crippen molar-refractivity contribution in [1.82, 2.24) is 15.6 Å². The molecule has 3 rings (SSSR count). The van der Waals surface area contributed by atoms with Gasteiger partial charge in [-0.05, 0) is 65.9 Å². The maximum atomic E-state index is 13.2. The second kappa shape index (κ2) is 15.1. The van der Waals surface area contributed by atoms with Gasteiger partial charge in [-0.15, -0.1) is 0 Å². The summed E-state index contributed by atoms with van der Waals surface area (Å²) in [6.07, 6.45) is 2.16. The summed E-state index contributed by atoms with van der Waals surface area (Å²) >= 11 is 0. The molecule has 0 saturated heterocycles. The average molecular weight is 517 g/mol. The van der Waals surface area contributed by atoms with Crippen molar-refractivity contribution in [3.8, 4) is 11.1 Å². The van der Waals surface area contributed by atoms with Crippen LogP contribution in [0.25, 0.3) is 11.1 Å². The number of pyridine rings is 1. The maximum Gasteiger partial charge on any atom is 1.00 e. The van der Waals surface area contributed by atoms with E-state index in [4.69, 9.17) is 0 Å². The number of nitrogens with one attached hydrogen (secondary N) is 3. The molecule has 4 N–H and O–H groups in total. The molecule has 0 radical (unpaired) electrons. The molecule has 0 spiro atoms. The number of halogens is 1. The van der Waals surface area contributed by atoms with Gasteiger partial charge in [-0.1, -0.05) is 30.3 Å². The minimum absolute atomic E-state index is 0. The summed E-state index contributed by atoms with van der Waals surface area (Å²) in [5.74, 6) is -1.47. The van der Waals surface area contributed by atoms with Crippen LogP contribution in [-0.2, 0) is 14.4 Å². The number of benzene rings is 2. The van der Waals surface area contributed by atoms with Crippen molar-refractivity contribution in [1.29, 1.82) is 0 Å². The number of carbonyl (C=O) groups excluding carboxylic acids is 2. The van der Waals surface area contributed by atoms with Crippen LogP contribution in [0.2, 0.25) is 0 Å². The number of anilines is 1. The Balaban J connectivity index is 0.00000361. The molecule has 0 saturated carbocycles. The first kappa shape index (κ1) is 30.0. The monoisotopic (exact) mass is 516 g/mol. The number of carbonyl (C=O) groups is 3. The van der Waals surface area contributed by atoms with Crippen molar-refractivity contribution in [3.05, 3.63) is 83.8 Å². The minimum Gasteiger partial charge on any atom is -1.00 e. The fourth-order valence-electron chi connectivity index (χ4n) is 3.62. The van der Waals surface area contributed by atoms with Crippen LogP contribution in [0.15, 0.2) is 66.9 Å². The van der Waals surface area contributed by atoms with Crippen LogP contribution >= 0.6 is 0 Å². The van der Waals surface area contributed by atoms with E-state index in [-0.39, 0.29) is 62.1 Å². The molecule has 1 atom stereocenters. The van der Waals surface area contributed by atoms with Gasteiger partial charge in [-0.2, -0.15) is 0 Å². The number of carboxylic acids is 1. The molecule has 2 aromatic carbocycles. The molecule has 3 aromatic rings. The summed E-state index contributed by atoms with van der Waals surface area (Å²) in [5.41, 5.74) is 3.20. The van der Waals surface area contributed by atoms with Gasteiger partial charge in [-0.3, -0.25) is 14.4 Å². The van der Waals surface area contributed by atoms with Gasteiger partial charge in [0, 0.05) is 19.2 Å². The Hall–Kier alpha value is -3.27. The van der Waals surface area contributed by atoms with Crippen LogP contribution in [0, 0.1) is 12.7 Å². The molecule has 0 fully saturated rings. The van der Waals surface area contributed by atoms with E-state index >= 15 is 0 Å². The first-order chi connectivity index (χ1) is 17.3. The third kappa shape index (κ3) is 10.3. The van der Waals surface area contributed by atoms with Gasteiger partial charge < -0.3 is 22.5 Å². The van der Waals surface area contributed by atoms with Crippen LogP contribution in [0.4, 0.5) is 10.2 Å². The number of aromatic nitrogens is 1. The van der Waals surface area contributed by atoms with Gasteiger partial charge >= 0.3 is 35.5 Å². The summed E-state index contributed by atoms with van der Waals surface area (Å²) < 4.78 is 13.2. The summed E-state index contributed by atoms with van der Waals surface area (Å²) in [6, 6.07) is 16.0. The summed E-state index contributed by atoms with van der Waals surface area (Å²) in [4.78, 5) is 40.2. The molecule has 37 heavy (non-hydrogen) atoms. The van der Waals surface area contributed by atoms with E-state index in [0.717, 1.165) is 22.5 Å². The Labute approximate surface area is 238 Å². The van der Waals surface area contributed by atoms with Crippen molar-refractivity contribution in [3.63, 3.8) is 0 Å². The molecule has 0 aliphatic carbocycles. The number of hydrogen-bond acceptors (Lipinski definition) is 5. The predicted molar refractivity (Wildman–Crippen MR) is 136 cm³/mol. The first-order valence-corrected chi connectivity index (χ1v) is 11.6. The van der Waals surface area contributed by atoms with Crippen molar-refractivity contribution >= 4 is 23.6 Å². The molecule has 0 aliphatic rings. The average Bonchev–Trinajstić information content (AvgIpc) is 2.85. The molecular formula is C27H30FN4NaO4. The van der Waals surface area contributed by atoms with Crippen LogP contribution in [0.5, 0.6) is 0 Å². The van der Waals surface area contributed by atoms with Gasteiger partial charge in [0.15, 0.2) is 0 Å². The van der Waals surface area contributed by atoms with E-state index in [1.54, 1.807) is 36.5 Å². The molecule has 0 aliphatic heterocycles. The zero-order valence-electron chi connectivity index (χ0n) is 22.0. The molecule has 1 unspecified atom stereocenters. The van der Waals surface area contributed by atoms with Gasteiger partial charge in [0.2, 0.25) is 11.8 Å². The number of rotatable bonds is 12. The zero-order valence-corrected chi connectivity index (χ0v) is 23.0. The molecule has 1 heterocycles. The minimum atomic E-state index is -1.08. The smallest absolute Gasteiger partial charge is 1.00 e. The standard InChI is InChI=1S/C27H29FN4O4.Na.H/c1-18-11-13-30-24(14-18)29-12-3-6-25(33)31-17-26(34)32-23(16-27(35)36)21-5-2-4-20(15-21)19-7-9-22(28)10-8-19;;/h2,4-5,7-11,13-15,23H,3,6,12,16-17H2,1H3,(H,29,30)(H,31,33)(H,32,34)(H,35,36);;/q;+1;-1. The SMILES string of the molecule is Cc1ccnc(NCCCC(=O)NCC(=O)NC(CC(=O)O)c2cccc(-c3ccc(F)cc3)c2)c1.[H-].[Na+]. The predicted octanol–water partition coefficient (Wildman–Crippen LogP) is 0.953. The third-order valence-electron chi connectivity index (χ3n) is 5.43. The van der Waals surface area contributed by atoms with Crippen molar-refractivity contribution < 1.29 is 54.9 Å². The number of aliphatic carboxylic acids is 1. The third-order valence-corrected chi connectivity index (χ3v) is 5.43. The molecule has 8 nitrogen and oxygen atoms in total. The van der Waals surface area contributed by atoms with Gasteiger partial charge in [0.25, 0.3) is 0 Å². The van der Waals surface area contributed by atoms with Crippen molar-refractivity contribution in [2.24, 2.45) is 0 Å². The number of hydrogen-bond donors (Lipinski definition) is 4. The number of carboxylic acid groups (broad SMARTS) is 1. The summed E-state index contributed by atoms with van der Waals surface area (Å²) in [5, 5.41) is 17.7. The molecule has 190 valence electrons. The zero-order chi connectivity index (χ0) is 25.9. The quantitative estimate of drug-likeness (QED) is 0.210. The first-order valence-electron chi connectivity index (χ1n) is 11.6. The Bertz CT molecular complexity index is 1210. The van der Waals surface area contributed by atoms with Crippen LogP contribution in [0.3, 0.4) is 0 Å². The Morgan fingerprint density at radius 2 is 1.78 bits per heavy atom. The van der Waals surface area contributed by atoms with Crippen molar-refractivity contribution in [2.75, 3.05) is 18.4 Å². The number of nitrogens with zero attached hydrogens (tertiary/aromatic N) is 1. The van der Waals surface area contributed by atoms with E-state index in [1.807, 2.05) is 25.1 Å². The summed E-state index contributed by atoms with van der Waals surface area (Å²) in [7, 11) is 0. The van der Waals surface area contributed by atoms with Crippen LogP contribution in [-0.4, -0.2) is 41.0 Å². The van der Waals surface area contributed by atoms with E-state index in [2.05, 4.69) is 20.9 Å². The maximum absolute atomic E-state index is 13.2. The van der Waals surface area contributed by atoms with Crippen LogP contribution < -0.4 is 45.5 Å². The van der Waals surface area contributed by atoms with E-state index in [9.17, 15) is 23.9 Å². The Kier molecular flexibility index (Phi) is 12.2. The van der Waals surface area contributed by atoms with E-state index < -0.39 is 17.9 Å². The van der Waals surface area contributed by atoms with Crippen LogP contribution in [0.1, 0.15) is 37.9 Å². The normalized spacial score (nSPS) is 11.1. The van der Waals surface area contributed by atoms with Crippen molar-refractivity contribution in [2.45, 2.75) is 32.2 Å². The van der Waals surface area contributed by atoms with Gasteiger partial charge in [0.1, 0.15) is 11.6 Å². The molecule has 2 amide bonds. The second-order valence-corrected chi connectivity index (χ2v) is 8.38. The molecular weight excluding hydrogens is 486 g/mol. The number of amides is 2. The van der Waals surface area contributed by atoms with Gasteiger partial charge in [-0.25, -0.2) is 9.37 Å². The van der Waals surface area contributed by atoms with E-state index in [0.29, 0.717) is 18.5 Å². The van der Waals surface area contributed by atoms with E-state index in [1.165, 1.54) is 12.1 Å². The molecule has 1 aromatic heterocycles. The largest absolute Gasteiger partial charge is 1.00 e. The topological polar surface area (TPSA) is 120 Å². The number of aryl methyl sites for hydroxylation is 1. The summed E-state index contributed by atoms with van der Waals surface area (Å²) in [6.45, 7) is 2.26. The fraction of sp³-hybridized carbons (Fsp3) is 0.259. The Morgan fingerprint density at radius 3 is 2.49 bits per heavy atom.